The minimum atomic E-state index is 0. The van der Waals surface area contributed by atoms with Crippen molar-refractivity contribution in [3.8, 4) is 5.69 Å². The number of halogens is 1. The third kappa shape index (κ3) is 5.23. The number of hydrogen-bond donors (Lipinski definition) is 2. The van der Waals surface area contributed by atoms with Gasteiger partial charge in [0.2, 0.25) is 0 Å². The van der Waals surface area contributed by atoms with E-state index in [9.17, 15) is 0 Å². The molecular weight excluding hydrogens is 449 g/mol. The van der Waals surface area contributed by atoms with Crippen molar-refractivity contribution in [1.82, 2.24) is 30.4 Å². The maximum Gasteiger partial charge on any atom is 0.191 e. The summed E-state index contributed by atoms with van der Waals surface area (Å²) in [6.45, 7) is 3.15. The molecule has 0 saturated carbocycles. The third-order valence-corrected chi connectivity index (χ3v) is 4.33. The number of thiazole rings is 1. The van der Waals surface area contributed by atoms with Crippen molar-refractivity contribution in [2.45, 2.75) is 20.0 Å². The zero-order valence-electron chi connectivity index (χ0n) is 14.0. The van der Waals surface area contributed by atoms with Gasteiger partial charge < -0.3 is 10.6 Å². The highest BCUT2D eigenvalue weighted by Crippen LogP contribution is 2.09. The molecule has 2 aromatic heterocycles. The Morgan fingerprint density at radius 3 is 2.64 bits per heavy atom. The lowest BCUT2D eigenvalue weighted by atomic mass is 10.3. The zero-order chi connectivity index (χ0) is 16.8. The van der Waals surface area contributed by atoms with E-state index in [1.165, 1.54) is 0 Å². The van der Waals surface area contributed by atoms with E-state index in [2.05, 4.69) is 30.8 Å². The Morgan fingerprint density at radius 1 is 1.20 bits per heavy atom. The summed E-state index contributed by atoms with van der Waals surface area (Å²) in [6, 6.07) is 10.00. The first-order valence-electron chi connectivity index (χ1n) is 7.56. The lowest BCUT2D eigenvalue weighted by Crippen LogP contribution is -2.36. The van der Waals surface area contributed by atoms with Gasteiger partial charge in [0.1, 0.15) is 11.3 Å². The molecular formula is C16H20IN7S. The van der Waals surface area contributed by atoms with Crippen molar-refractivity contribution < 1.29 is 0 Å². The molecule has 0 bridgehead atoms. The van der Waals surface area contributed by atoms with Crippen LogP contribution in [0.5, 0.6) is 0 Å². The first kappa shape index (κ1) is 19.3. The molecule has 3 rings (SSSR count). The van der Waals surface area contributed by atoms with E-state index in [0.29, 0.717) is 19.0 Å². The van der Waals surface area contributed by atoms with Crippen molar-refractivity contribution >= 4 is 41.3 Å². The number of aryl methyl sites for hydroxylation is 1. The fourth-order valence-electron chi connectivity index (χ4n) is 2.21. The van der Waals surface area contributed by atoms with Crippen LogP contribution in [0.2, 0.25) is 0 Å². The molecule has 3 aromatic rings. The first-order valence-corrected chi connectivity index (χ1v) is 8.44. The molecule has 0 spiro atoms. The van der Waals surface area contributed by atoms with Gasteiger partial charge in [-0.2, -0.15) is 0 Å². The largest absolute Gasteiger partial charge is 0.350 e. The number of guanidine groups is 1. The molecule has 132 valence electrons. The normalized spacial score (nSPS) is 11.0. The molecule has 0 fully saturated rings. The van der Waals surface area contributed by atoms with E-state index in [1.54, 1.807) is 24.7 Å². The average Bonchev–Trinajstić information content (AvgIpc) is 3.25. The number of rotatable bonds is 5. The summed E-state index contributed by atoms with van der Waals surface area (Å²) < 4.78 is 1.95. The SMILES string of the molecule is CN=C(NCc1nc(C)cs1)NCc1nncn1-c1ccccc1.I. The summed E-state index contributed by atoms with van der Waals surface area (Å²) in [4.78, 5) is 8.65. The Bertz CT molecular complexity index is 813. The molecule has 0 radical (unpaired) electrons. The number of nitrogens with zero attached hydrogens (tertiary/aromatic N) is 5. The number of para-hydroxylation sites is 1. The predicted molar refractivity (Wildman–Crippen MR) is 111 cm³/mol. The second kappa shape index (κ2) is 9.47. The Balaban J connectivity index is 0.00000225. The fourth-order valence-corrected chi connectivity index (χ4v) is 2.92. The van der Waals surface area contributed by atoms with Gasteiger partial charge in [-0.3, -0.25) is 9.56 Å². The van der Waals surface area contributed by atoms with Crippen LogP contribution in [-0.4, -0.2) is 32.8 Å². The van der Waals surface area contributed by atoms with Crippen molar-refractivity contribution in [2.75, 3.05) is 7.05 Å². The Labute approximate surface area is 167 Å². The van der Waals surface area contributed by atoms with Crippen LogP contribution in [0.15, 0.2) is 47.0 Å². The number of aliphatic imine (C=N–C) groups is 1. The maximum atomic E-state index is 4.43. The smallest absolute Gasteiger partial charge is 0.191 e. The van der Waals surface area contributed by atoms with Crippen molar-refractivity contribution in [3.63, 3.8) is 0 Å². The second-order valence-corrected chi connectivity index (χ2v) is 6.06. The molecule has 7 nitrogen and oxygen atoms in total. The highest BCUT2D eigenvalue weighted by molar-refractivity contribution is 14.0. The Hall–Kier alpha value is -2.01. The molecule has 0 aliphatic rings. The van der Waals surface area contributed by atoms with E-state index in [4.69, 9.17) is 0 Å². The number of aromatic nitrogens is 4. The van der Waals surface area contributed by atoms with Crippen LogP contribution in [-0.2, 0) is 13.1 Å². The quantitative estimate of drug-likeness (QED) is 0.341. The van der Waals surface area contributed by atoms with Crippen LogP contribution in [0.3, 0.4) is 0 Å². The molecule has 0 aliphatic carbocycles. The van der Waals surface area contributed by atoms with Crippen molar-refractivity contribution in [3.05, 3.63) is 58.6 Å². The molecule has 2 heterocycles. The summed E-state index contributed by atoms with van der Waals surface area (Å²) in [5.41, 5.74) is 2.07. The molecule has 0 saturated heterocycles. The van der Waals surface area contributed by atoms with E-state index in [0.717, 1.165) is 22.2 Å². The minimum absolute atomic E-state index is 0. The van der Waals surface area contributed by atoms with E-state index in [1.807, 2.05) is 47.2 Å². The van der Waals surface area contributed by atoms with Gasteiger partial charge in [0.05, 0.1) is 13.1 Å². The molecule has 0 aliphatic heterocycles. The number of hydrogen-bond acceptors (Lipinski definition) is 5. The van der Waals surface area contributed by atoms with E-state index >= 15 is 0 Å². The zero-order valence-corrected chi connectivity index (χ0v) is 17.2. The number of benzene rings is 1. The van der Waals surface area contributed by atoms with E-state index in [-0.39, 0.29) is 24.0 Å². The highest BCUT2D eigenvalue weighted by Gasteiger charge is 2.07. The molecule has 1 aromatic carbocycles. The average molecular weight is 469 g/mol. The van der Waals surface area contributed by atoms with Crippen molar-refractivity contribution in [1.29, 1.82) is 0 Å². The van der Waals surface area contributed by atoms with Gasteiger partial charge in [0.15, 0.2) is 11.8 Å². The number of nitrogens with one attached hydrogen (secondary N) is 2. The first-order chi connectivity index (χ1) is 11.8. The van der Waals surface area contributed by atoms with Crippen LogP contribution in [0.1, 0.15) is 16.5 Å². The second-order valence-electron chi connectivity index (χ2n) is 5.11. The van der Waals surface area contributed by atoms with Gasteiger partial charge in [-0.25, -0.2) is 4.98 Å². The summed E-state index contributed by atoms with van der Waals surface area (Å²) >= 11 is 1.63. The molecule has 0 atom stereocenters. The van der Waals surface area contributed by atoms with Crippen molar-refractivity contribution in [2.24, 2.45) is 4.99 Å². The van der Waals surface area contributed by atoms with E-state index < -0.39 is 0 Å². The molecule has 2 N–H and O–H groups in total. The minimum Gasteiger partial charge on any atom is -0.350 e. The van der Waals surface area contributed by atoms with Gasteiger partial charge in [0, 0.05) is 23.8 Å². The lowest BCUT2D eigenvalue weighted by molar-refractivity contribution is 0.752. The fraction of sp³-hybridized carbons (Fsp3) is 0.250. The topological polar surface area (TPSA) is 80.0 Å². The van der Waals surface area contributed by atoms with Gasteiger partial charge in [-0.15, -0.1) is 45.5 Å². The summed E-state index contributed by atoms with van der Waals surface area (Å²) in [7, 11) is 1.74. The van der Waals surface area contributed by atoms with Crippen LogP contribution in [0.4, 0.5) is 0 Å². The standard InChI is InChI=1S/C16H19N7S.HI/c1-12-10-24-15(21-12)9-19-16(17-2)18-8-14-22-20-11-23(14)13-6-4-3-5-7-13;/h3-7,10-11H,8-9H2,1-2H3,(H2,17,18,19);1H. The molecule has 9 heteroatoms. The monoisotopic (exact) mass is 469 g/mol. The highest BCUT2D eigenvalue weighted by atomic mass is 127. The third-order valence-electron chi connectivity index (χ3n) is 3.36. The van der Waals surface area contributed by atoms with Crippen LogP contribution in [0.25, 0.3) is 5.69 Å². The lowest BCUT2D eigenvalue weighted by Gasteiger charge is -2.11. The van der Waals surface area contributed by atoms with Gasteiger partial charge in [0.25, 0.3) is 0 Å². The van der Waals surface area contributed by atoms with Gasteiger partial charge in [-0.1, -0.05) is 18.2 Å². The molecule has 0 unspecified atom stereocenters. The van der Waals surface area contributed by atoms with Crippen LogP contribution < -0.4 is 10.6 Å². The predicted octanol–water partition coefficient (Wildman–Crippen LogP) is 2.52. The van der Waals surface area contributed by atoms with Gasteiger partial charge >= 0.3 is 0 Å². The Morgan fingerprint density at radius 2 is 1.96 bits per heavy atom. The molecule has 25 heavy (non-hydrogen) atoms. The summed E-state index contributed by atoms with van der Waals surface area (Å²) in [6.07, 6.45) is 1.71. The van der Waals surface area contributed by atoms with Crippen LogP contribution in [0, 0.1) is 6.92 Å². The summed E-state index contributed by atoms with van der Waals surface area (Å²) in [5, 5.41) is 17.8. The van der Waals surface area contributed by atoms with Gasteiger partial charge in [-0.05, 0) is 19.1 Å². The van der Waals surface area contributed by atoms with Crippen LogP contribution >= 0.6 is 35.3 Å². The maximum absolute atomic E-state index is 4.43. The molecule has 0 amide bonds. The Kier molecular flexibility index (Phi) is 7.31. The summed E-state index contributed by atoms with van der Waals surface area (Å²) in [5.74, 6) is 1.51.